The van der Waals surface area contributed by atoms with E-state index in [1.807, 2.05) is 0 Å². The van der Waals surface area contributed by atoms with Gasteiger partial charge in [0.25, 0.3) is 0 Å². The highest BCUT2D eigenvalue weighted by molar-refractivity contribution is 7.46. The van der Waals surface area contributed by atoms with E-state index in [4.69, 9.17) is 20.3 Å². The number of nitrogens with zero attached hydrogens (tertiary/aromatic N) is 2. The van der Waals surface area contributed by atoms with Crippen molar-refractivity contribution in [2.75, 3.05) is 13.2 Å². The van der Waals surface area contributed by atoms with Crippen molar-refractivity contribution in [1.29, 1.82) is 0 Å². The van der Waals surface area contributed by atoms with Crippen molar-refractivity contribution >= 4 is 19.2 Å². The van der Waals surface area contributed by atoms with Crippen LogP contribution in [-0.2, 0) is 33.4 Å². The Morgan fingerprint density at radius 3 is 2.23 bits per heavy atom. The van der Waals surface area contributed by atoms with Crippen molar-refractivity contribution in [3.63, 3.8) is 0 Å². The monoisotopic (exact) mass is 613 g/mol. The molecule has 0 saturated carbocycles. The third-order valence-electron chi connectivity index (χ3n) is 5.63. The number of phosphoric ester groups is 1. The van der Waals surface area contributed by atoms with Crippen molar-refractivity contribution in [2.45, 2.75) is 50.5 Å². The summed E-state index contributed by atoms with van der Waals surface area (Å²) >= 11 is 0.852. The zero-order valence-electron chi connectivity index (χ0n) is 21.0. The molecular formula is C24H26F6N3O5PS. The molecule has 1 heterocycles. The quantitative estimate of drug-likeness (QED) is 0.123. The van der Waals surface area contributed by atoms with Gasteiger partial charge >= 0.3 is 20.2 Å². The molecule has 0 aliphatic carbocycles. The van der Waals surface area contributed by atoms with Gasteiger partial charge in [-0.25, -0.2) is 4.57 Å². The molecule has 1 unspecified atom stereocenters. The van der Waals surface area contributed by atoms with Gasteiger partial charge in [0.2, 0.25) is 0 Å². The molecule has 220 valence electrons. The number of hydrogen-bond acceptors (Lipinski definition) is 7. The van der Waals surface area contributed by atoms with Crippen LogP contribution >= 0.6 is 19.2 Å². The molecule has 3 aromatic rings. The smallest absolute Gasteiger partial charge is 0.469 e. The van der Waals surface area contributed by atoms with Gasteiger partial charge in [-0.3, -0.25) is 4.52 Å². The Morgan fingerprint density at radius 1 is 0.950 bits per heavy atom. The van der Waals surface area contributed by atoms with E-state index in [0.717, 1.165) is 35.1 Å². The molecule has 0 bridgehead atoms. The first kappa shape index (κ1) is 32.0. The second-order valence-electron chi connectivity index (χ2n) is 9.16. The molecule has 1 aromatic heterocycles. The Balaban J connectivity index is 1.59. The van der Waals surface area contributed by atoms with Crippen LogP contribution in [0.25, 0.3) is 10.6 Å². The van der Waals surface area contributed by atoms with Gasteiger partial charge in [-0.1, -0.05) is 23.5 Å². The summed E-state index contributed by atoms with van der Waals surface area (Å²) in [5, 5.41) is 7.90. The topological polar surface area (TPSA) is 128 Å². The molecule has 0 amide bonds. The number of alkyl halides is 6. The largest absolute Gasteiger partial charge is 0.493 e. The first-order valence-corrected chi connectivity index (χ1v) is 14.1. The maximum Gasteiger partial charge on any atom is 0.469 e. The summed E-state index contributed by atoms with van der Waals surface area (Å²) in [4.78, 5) is 17.8. The van der Waals surface area contributed by atoms with E-state index in [9.17, 15) is 30.9 Å². The number of hydrogen-bond donors (Lipinski definition) is 3. The maximum atomic E-state index is 13.8. The van der Waals surface area contributed by atoms with Crippen molar-refractivity contribution in [2.24, 2.45) is 5.73 Å². The molecule has 0 spiro atoms. The number of halogens is 6. The minimum atomic E-state index is -4.80. The first-order valence-electron chi connectivity index (χ1n) is 11.8. The van der Waals surface area contributed by atoms with Gasteiger partial charge in [-0.05, 0) is 68.5 Å². The predicted molar refractivity (Wildman–Crippen MR) is 134 cm³/mol. The van der Waals surface area contributed by atoms with Gasteiger partial charge in [-0.15, -0.1) is 10.2 Å². The SMILES string of the molecule is CC(N)(COP(=O)(O)O)c1nnc(-c2ccc(OCCCCCc3ccc(C(F)(F)F)cc3)c(C(F)(F)F)c2)s1. The zero-order valence-corrected chi connectivity index (χ0v) is 22.7. The van der Waals surface area contributed by atoms with Gasteiger partial charge in [0, 0.05) is 5.56 Å². The molecular weight excluding hydrogens is 587 g/mol. The van der Waals surface area contributed by atoms with E-state index < -0.39 is 43.4 Å². The van der Waals surface area contributed by atoms with E-state index in [1.54, 1.807) is 0 Å². The Bertz CT molecular complexity index is 1330. The number of rotatable bonds is 12. The van der Waals surface area contributed by atoms with E-state index in [-0.39, 0.29) is 27.9 Å². The average molecular weight is 614 g/mol. The van der Waals surface area contributed by atoms with Crippen LogP contribution in [0.1, 0.15) is 47.9 Å². The van der Waals surface area contributed by atoms with Crippen LogP contribution in [0, 0.1) is 0 Å². The molecule has 1 atom stereocenters. The van der Waals surface area contributed by atoms with Gasteiger partial charge in [-0.2, -0.15) is 26.3 Å². The highest BCUT2D eigenvalue weighted by Crippen LogP contribution is 2.41. The van der Waals surface area contributed by atoms with Crippen LogP contribution in [0.3, 0.4) is 0 Å². The second kappa shape index (κ2) is 12.5. The molecule has 16 heteroatoms. The lowest BCUT2D eigenvalue weighted by Gasteiger charge is -2.21. The number of aryl methyl sites for hydroxylation is 1. The number of ether oxygens (including phenoxy) is 1. The summed E-state index contributed by atoms with van der Waals surface area (Å²) in [7, 11) is -4.80. The summed E-state index contributed by atoms with van der Waals surface area (Å²) < 4.78 is 100. The van der Waals surface area contributed by atoms with Gasteiger partial charge in [0.15, 0.2) is 0 Å². The van der Waals surface area contributed by atoms with Crippen LogP contribution in [0.5, 0.6) is 5.75 Å². The van der Waals surface area contributed by atoms with Crippen LogP contribution in [0.15, 0.2) is 42.5 Å². The van der Waals surface area contributed by atoms with Gasteiger partial charge < -0.3 is 20.3 Å². The lowest BCUT2D eigenvalue weighted by molar-refractivity contribution is -0.139. The van der Waals surface area contributed by atoms with Crippen LogP contribution < -0.4 is 10.5 Å². The van der Waals surface area contributed by atoms with E-state index in [1.165, 1.54) is 31.2 Å². The number of aromatic nitrogens is 2. The maximum absolute atomic E-state index is 13.8. The summed E-state index contributed by atoms with van der Waals surface area (Å²) in [5.41, 5.74) is 3.61. The van der Waals surface area contributed by atoms with Crippen molar-refractivity contribution < 1.29 is 50.0 Å². The minimum Gasteiger partial charge on any atom is -0.493 e. The molecule has 40 heavy (non-hydrogen) atoms. The van der Waals surface area contributed by atoms with Crippen molar-refractivity contribution in [1.82, 2.24) is 10.2 Å². The number of benzene rings is 2. The molecule has 0 fully saturated rings. The fraction of sp³-hybridized carbons (Fsp3) is 0.417. The Labute approximate surface area is 229 Å². The highest BCUT2D eigenvalue weighted by Gasteiger charge is 2.36. The van der Waals surface area contributed by atoms with E-state index >= 15 is 0 Å². The Hall–Kier alpha value is -2.55. The summed E-state index contributed by atoms with van der Waals surface area (Å²) in [6.45, 7) is 0.787. The molecule has 3 rings (SSSR count). The number of phosphoric acid groups is 1. The van der Waals surface area contributed by atoms with Crippen molar-refractivity contribution in [3.8, 4) is 16.3 Å². The Kier molecular flexibility index (Phi) is 10.0. The van der Waals surface area contributed by atoms with Crippen molar-refractivity contribution in [3.05, 3.63) is 64.2 Å². The minimum absolute atomic E-state index is 0.00347. The lowest BCUT2D eigenvalue weighted by atomic mass is 10.1. The number of nitrogens with two attached hydrogens (primary N) is 1. The lowest BCUT2D eigenvalue weighted by Crippen LogP contribution is -2.37. The highest BCUT2D eigenvalue weighted by atomic mass is 32.1. The van der Waals surface area contributed by atoms with Gasteiger partial charge in [0.1, 0.15) is 15.8 Å². The van der Waals surface area contributed by atoms with Gasteiger partial charge in [0.05, 0.1) is 29.9 Å². The van der Waals surface area contributed by atoms with E-state index in [0.29, 0.717) is 25.7 Å². The van der Waals surface area contributed by atoms with E-state index in [2.05, 4.69) is 14.7 Å². The molecule has 8 nitrogen and oxygen atoms in total. The fourth-order valence-electron chi connectivity index (χ4n) is 3.51. The third kappa shape index (κ3) is 9.25. The van der Waals surface area contributed by atoms with Crippen LogP contribution in [-0.4, -0.2) is 33.2 Å². The standard InChI is InChI=1S/C24H26F6N3O5PS/c1-22(31,14-38-39(34,35)36)21-33-32-20(40-21)16-8-11-19(18(13-16)24(28,29)30)37-12-4-2-3-5-15-6-9-17(10-7-15)23(25,26)27/h6-11,13H,2-5,12,14,31H2,1H3,(H2,34,35,36). The number of unbranched alkanes of at least 4 members (excludes halogenated alkanes) is 2. The molecule has 0 radical (unpaired) electrons. The molecule has 4 N–H and O–H groups in total. The van der Waals surface area contributed by atoms with Crippen LogP contribution in [0.4, 0.5) is 26.3 Å². The summed E-state index contributed by atoms with van der Waals surface area (Å²) in [6, 6.07) is 8.24. The summed E-state index contributed by atoms with van der Waals surface area (Å²) in [5.74, 6) is -0.373. The average Bonchev–Trinajstić information content (AvgIpc) is 3.35. The Morgan fingerprint density at radius 2 is 1.62 bits per heavy atom. The normalized spacial score (nSPS) is 14.2. The first-order chi connectivity index (χ1) is 18.5. The molecule has 0 saturated heterocycles. The van der Waals surface area contributed by atoms with Crippen LogP contribution in [0.2, 0.25) is 0 Å². The predicted octanol–water partition coefficient (Wildman–Crippen LogP) is 6.32. The second-order valence-corrected chi connectivity index (χ2v) is 11.4. The zero-order chi connectivity index (χ0) is 29.8. The third-order valence-corrected chi connectivity index (χ3v) is 7.34. The molecule has 2 aromatic carbocycles. The summed E-state index contributed by atoms with van der Waals surface area (Å²) in [6.07, 6.45) is -6.96. The fourth-order valence-corrected chi connectivity index (χ4v) is 4.83. The molecule has 0 aliphatic heterocycles. The molecule has 0 aliphatic rings.